The number of hydrogen-bond acceptors (Lipinski definition) is 1. The Labute approximate surface area is 130 Å². The van der Waals surface area contributed by atoms with Gasteiger partial charge in [-0.2, -0.15) is 0 Å². The van der Waals surface area contributed by atoms with E-state index < -0.39 is 18.4 Å². The Balaban J connectivity index is 2.80. The van der Waals surface area contributed by atoms with E-state index in [1.807, 2.05) is 6.33 Å². The zero-order valence-electron chi connectivity index (χ0n) is 14.1. The minimum absolute atomic E-state index is 1.36. The second kappa shape index (κ2) is 9.86. The maximum atomic E-state index is 4.64. The molecule has 0 radical (unpaired) electrons. The molecular weight excluding hydrogens is 351 g/mol. The molecule has 0 bridgehead atoms. The number of hydrogen-bond donors (Lipinski definition) is 0. The Morgan fingerprint density at radius 2 is 1.45 bits per heavy atom. The third-order valence-electron chi connectivity index (χ3n) is 4.50. The SMILES string of the molecule is CCC[CH2][Sn]([CH2]CCC)([CH2]CCC)[CH2]c1cn(C)cn1. The first kappa shape index (κ1) is 18.1. The maximum absolute atomic E-state index is 4.64. The molecule has 0 saturated heterocycles. The molecule has 1 heterocycles. The van der Waals surface area contributed by atoms with Crippen molar-refractivity contribution in [1.82, 2.24) is 9.55 Å². The topological polar surface area (TPSA) is 17.8 Å². The Kier molecular flexibility index (Phi) is 8.90. The molecule has 1 rings (SSSR count). The van der Waals surface area contributed by atoms with Gasteiger partial charge in [-0.15, -0.1) is 0 Å². The first-order chi connectivity index (χ1) is 9.65. The van der Waals surface area contributed by atoms with Gasteiger partial charge in [0.15, 0.2) is 0 Å². The summed E-state index contributed by atoms with van der Waals surface area (Å²) in [5.41, 5.74) is 1.38. The summed E-state index contributed by atoms with van der Waals surface area (Å²) >= 11 is -2.01. The molecule has 0 atom stereocenters. The van der Waals surface area contributed by atoms with Crippen molar-refractivity contribution in [3.8, 4) is 0 Å². The zero-order chi connectivity index (χ0) is 14.8. The molecule has 0 N–H and O–H groups in total. The Hall–Kier alpha value is 0.00870. The van der Waals surface area contributed by atoms with E-state index in [1.165, 1.54) is 48.7 Å². The number of aryl methyl sites for hydroxylation is 1. The number of rotatable bonds is 11. The van der Waals surface area contributed by atoms with Crippen molar-refractivity contribution in [2.24, 2.45) is 7.05 Å². The van der Waals surface area contributed by atoms with Crippen LogP contribution >= 0.6 is 0 Å². The van der Waals surface area contributed by atoms with E-state index in [-0.39, 0.29) is 0 Å². The molecular formula is C17H34N2Sn. The van der Waals surface area contributed by atoms with E-state index in [2.05, 4.69) is 43.6 Å². The fourth-order valence-electron chi connectivity index (χ4n) is 3.24. The third-order valence-corrected chi connectivity index (χ3v) is 19.8. The molecule has 0 aromatic carbocycles. The summed E-state index contributed by atoms with van der Waals surface area (Å²) < 4.78 is 8.26. The van der Waals surface area contributed by atoms with Crippen LogP contribution in [0.15, 0.2) is 12.5 Å². The van der Waals surface area contributed by atoms with E-state index in [9.17, 15) is 0 Å². The van der Waals surface area contributed by atoms with Gasteiger partial charge in [-0.1, -0.05) is 0 Å². The average molecular weight is 385 g/mol. The van der Waals surface area contributed by atoms with Crippen LogP contribution in [0.4, 0.5) is 0 Å². The van der Waals surface area contributed by atoms with E-state index in [4.69, 9.17) is 0 Å². The van der Waals surface area contributed by atoms with Crippen molar-refractivity contribution in [1.29, 1.82) is 0 Å². The van der Waals surface area contributed by atoms with Gasteiger partial charge in [0, 0.05) is 0 Å². The zero-order valence-corrected chi connectivity index (χ0v) is 17.0. The standard InChI is InChI=1S/C5H7N2.3C4H9.Sn/c1-5-3-7(2)4-6-5;3*1-3-4-2;/h3-4H,1H2,2H3;3*1,3-4H2,2H3;. The summed E-state index contributed by atoms with van der Waals surface area (Å²) in [4.78, 5) is 4.64. The molecule has 0 saturated carbocycles. The molecule has 0 amide bonds. The number of nitrogens with zero attached hydrogens (tertiary/aromatic N) is 2. The number of imidazole rings is 1. The third kappa shape index (κ3) is 6.19. The Morgan fingerprint density at radius 1 is 0.950 bits per heavy atom. The van der Waals surface area contributed by atoms with Crippen molar-refractivity contribution < 1.29 is 0 Å². The molecule has 0 aliphatic heterocycles. The van der Waals surface area contributed by atoms with Crippen molar-refractivity contribution >= 4 is 18.4 Å². The average Bonchev–Trinajstić information content (AvgIpc) is 2.85. The second-order valence-electron chi connectivity index (χ2n) is 6.52. The van der Waals surface area contributed by atoms with Crippen molar-refractivity contribution in [2.75, 3.05) is 0 Å². The second-order valence-corrected chi connectivity index (χ2v) is 20.4. The molecule has 2 nitrogen and oxygen atoms in total. The van der Waals surface area contributed by atoms with Gasteiger partial charge >= 0.3 is 130 Å². The van der Waals surface area contributed by atoms with Crippen molar-refractivity contribution in [3.63, 3.8) is 0 Å². The van der Waals surface area contributed by atoms with Crippen molar-refractivity contribution in [2.45, 2.75) is 77.0 Å². The minimum atomic E-state index is -2.01. The summed E-state index contributed by atoms with van der Waals surface area (Å²) in [5, 5.41) is 0. The van der Waals surface area contributed by atoms with Crippen LogP contribution in [0.1, 0.15) is 65.0 Å². The van der Waals surface area contributed by atoms with Gasteiger partial charge < -0.3 is 0 Å². The first-order valence-electron chi connectivity index (χ1n) is 8.62. The Morgan fingerprint density at radius 3 is 1.80 bits per heavy atom. The van der Waals surface area contributed by atoms with E-state index >= 15 is 0 Å². The van der Waals surface area contributed by atoms with E-state index in [0.717, 1.165) is 0 Å². The van der Waals surface area contributed by atoms with Crippen molar-refractivity contribution in [3.05, 3.63) is 18.2 Å². The van der Waals surface area contributed by atoms with Crippen LogP contribution in [0.2, 0.25) is 13.3 Å². The van der Waals surface area contributed by atoms with Gasteiger partial charge in [0.05, 0.1) is 0 Å². The van der Waals surface area contributed by atoms with Gasteiger partial charge in [0.1, 0.15) is 0 Å². The molecule has 0 unspecified atom stereocenters. The summed E-state index contributed by atoms with van der Waals surface area (Å²) in [6.45, 7) is 7.03. The first-order valence-corrected chi connectivity index (χ1v) is 16.7. The van der Waals surface area contributed by atoms with Gasteiger partial charge in [-0.25, -0.2) is 0 Å². The van der Waals surface area contributed by atoms with Crippen LogP contribution in [-0.2, 0) is 11.5 Å². The number of unbranched alkanes of at least 4 members (excludes halogenated alkanes) is 3. The number of aromatic nitrogens is 2. The normalized spacial score (nSPS) is 12.0. The molecule has 20 heavy (non-hydrogen) atoms. The molecule has 3 heteroatoms. The molecule has 0 aliphatic rings. The van der Waals surface area contributed by atoms with Gasteiger partial charge in [-0.3, -0.25) is 0 Å². The van der Waals surface area contributed by atoms with E-state index in [1.54, 1.807) is 13.3 Å². The van der Waals surface area contributed by atoms with Crippen LogP contribution in [0, 0.1) is 0 Å². The summed E-state index contributed by atoms with van der Waals surface area (Å²) in [7, 11) is 2.10. The quantitative estimate of drug-likeness (QED) is 0.470. The molecule has 1 aromatic heterocycles. The summed E-state index contributed by atoms with van der Waals surface area (Å²) in [5.74, 6) is 0. The van der Waals surface area contributed by atoms with Crippen LogP contribution < -0.4 is 0 Å². The van der Waals surface area contributed by atoms with Crippen LogP contribution in [0.3, 0.4) is 0 Å². The van der Waals surface area contributed by atoms with Gasteiger partial charge in [0.2, 0.25) is 0 Å². The van der Waals surface area contributed by atoms with Gasteiger partial charge in [-0.05, 0) is 0 Å². The van der Waals surface area contributed by atoms with Gasteiger partial charge in [0.25, 0.3) is 0 Å². The predicted octanol–water partition coefficient (Wildman–Crippen LogP) is 5.35. The fourth-order valence-corrected chi connectivity index (χ4v) is 19.1. The molecule has 1 aromatic rings. The molecule has 0 spiro atoms. The molecule has 116 valence electrons. The van der Waals surface area contributed by atoms with Crippen LogP contribution in [-0.4, -0.2) is 27.9 Å². The molecule has 0 fully saturated rings. The Bertz CT molecular complexity index is 338. The predicted molar refractivity (Wildman–Crippen MR) is 91.8 cm³/mol. The van der Waals surface area contributed by atoms with Crippen LogP contribution in [0.5, 0.6) is 0 Å². The summed E-state index contributed by atoms with van der Waals surface area (Å²) in [6, 6.07) is 0. The monoisotopic (exact) mass is 386 g/mol. The van der Waals surface area contributed by atoms with E-state index in [0.29, 0.717) is 0 Å². The summed E-state index contributed by atoms with van der Waals surface area (Å²) in [6.07, 6.45) is 12.7. The fraction of sp³-hybridized carbons (Fsp3) is 0.824. The molecule has 0 aliphatic carbocycles. The van der Waals surface area contributed by atoms with Crippen LogP contribution in [0.25, 0.3) is 0 Å².